The highest BCUT2D eigenvalue weighted by Crippen LogP contribution is 2.27. The lowest BCUT2D eigenvalue weighted by molar-refractivity contribution is -0.134. The second kappa shape index (κ2) is 8.56. The first kappa shape index (κ1) is 18.7. The molecule has 0 aliphatic heterocycles. The lowest BCUT2D eigenvalue weighted by Crippen LogP contribution is -2.28. The van der Waals surface area contributed by atoms with E-state index in [4.69, 9.17) is 13.9 Å². The van der Waals surface area contributed by atoms with Crippen molar-refractivity contribution in [3.8, 4) is 11.5 Å². The molecule has 0 radical (unpaired) electrons. The largest absolute Gasteiger partial charge is 0.454 e. The smallest absolute Gasteiger partial charge is 0.320 e. The number of carbonyl (C=O) groups is 1. The molecule has 2 N–H and O–H groups in total. The van der Waals surface area contributed by atoms with E-state index in [0.717, 1.165) is 0 Å². The first-order valence-corrected chi connectivity index (χ1v) is 8.57. The average molecular weight is 371 g/mol. The predicted molar refractivity (Wildman–Crippen MR) is 99.1 cm³/mol. The van der Waals surface area contributed by atoms with Crippen LogP contribution in [0.2, 0.25) is 0 Å². The van der Waals surface area contributed by atoms with Crippen molar-refractivity contribution in [1.82, 2.24) is 20.3 Å². The van der Waals surface area contributed by atoms with Crippen LogP contribution in [0.25, 0.3) is 22.6 Å². The van der Waals surface area contributed by atoms with E-state index in [-0.39, 0.29) is 6.03 Å². The molecule has 0 aromatic carbocycles. The molecule has 1 unspecified atom stereocenters. The van der Waals surface area contributed by atoms with Gasteiger partial charge in [-0.1, -0.05) is 0 Å². The van der Waals surface area contributed by atoms with Crippen molar-refractivity contribution in [3.63, 3.8) is 0 Å². The number of anilines is 1. The number of fused-ring (bicyclic) bond motifs is 1. The highest BCUT2D eigenvalue weighted by Gasteiger charge is 2.17. The summed E-state index contributed by atoms with van der Waals surface area (Å²) in [5.41, 5.74) is 1.52. The molecule has 27 heavy (non-hydrogen) atoms. The van der Waals surface area contributed by atoms with Crippen molar-refractivity contribution < 1.29 is 18.7 Å². The molecule has 0 spiro atoms. The first-order valence-electron chi connectivity index (χ1n) is 8.57. The predicted octanol–water partition coefficient (Wildman–Crippen LogP) is 3.11. The molecule has 0 aliphatic carbocycles. The zero-order valence-corrected chi connectivity index (χ0v) is 15.4. The fourth-order valence-electron chi connectivity index (χ4n) is 2.44. The molecule has 142 valence electrons. The van der Waals surface area contributed by atoms with Crippen LogP contribution in [0.15, 0.2) is 34.9 Å². The molecular weight excluding hydrogens is 350 g/mol. The van der Waals surface area contributed by atoms with Gasteiger partial charge < -0.3 is 19.2 Å². The molecule has 0 saturated heterocycles. The standard InChI is InChI=1S/C18H21N5O4/c1-4-19-18(24)23-15-9-6-11-16(22-15)21-12(10-20-11)13-7-8-14(27-13)17(25-3)26-5-2/h6-10,17H,4-5H2,1-3H3,(H2,19,21,22,23,24). The van der Waals surface area contributed by atoms with Crippen molar-refractivity contribution in [1.29, 1.82) is 0 Å². The summed E-state index contributed by atoms with van der Waals surface area (Å²) in [4.78, 5) is 24.8. The molecular formula is C18H21N5O4. The minimum atomic E-state index is -0.580. The van der Waals surface area contributed by atoms with Crippen LogP contribution < -0.4 is 10.6 Å². The maximum absolute atomic E-state index is 11.6. The number of nitrogens with one attached hydrogen (secondary N) is 2. The Balaban J connectivity index is 1.87. The molecule has 2 amide bonds. The molecule has 3 aromatic heterocycles. The summed E-state index contributed by atoms with van der Waals surface area (Å²) in [5, 5.41) is 5.29. The van der Waals surface area contributed by atoms with E-state index in [1.165, 1.54) is 0 Å². The lowest BCUT2D eigenvalue weighted by Gasteiger charge is -2.11. The number of aromatic nitrogens is 3. The van der Waals surface area contributed by atoms with Gasteiger partial charge in [0, 0.05) is 20.3 Å². The normalized spacial score (nSPS) is 12.1. The fourth-order valence-corrected chi connectivity index (χ4v) is 2.44. The van der Waals surface area contributed by atoms with Crippen LogP contribution in [0.5, 0.6) is 0 Å². The van der Waals surface area contributed by atoms with Gasteiger partial charge >= 0.3 is 6.03 Å². The highest BCUT2D eigenvalue weighted by atomic mass is 16.7. The van der Waals surface area contributed by atoms with Crippen LogP contribution in [0.3, 0.4) is 0 Å². The zero-order valence-electron chi connectivity index (χ0n) is 15.4. The van der Waals surface area contributed by atoms with Crippen molar-refractivity contribution in [2.45, 2.75) is 20.1 Å². The van der Waals surface area contributed by atoms with Crippen LogP contribution >= 0.6 is 0 Å². The number of rotatable bonds is 7. The summed E-state index contributed by atoms with van der Waals surface area (Å²) in [6.07, 6.45) is 1.02. The summed E-state index contributed by atoms with van der Waals surface area (Å²) >= 11 is 0. The maximum atomic E-state index is 11.6. The molecule has 1 atom stereocenters. The van der Waals surface area contributed by atoms with Crippen molar-refractivity contribution >= 4 is 23.0 Å². The van der Waals surface area contributed by atoms with E-state index in [9.17, 15) is 4.79 Å². The van der Waals surface area contributed by atoms with Gasteiger partial charge in [-0.15, -0.1) is 0 Å². The van der Waals surface area contributed by atoms with E-state index < -0.39 is 6.29 Å². The van der Waals surface area contributed by atoms with Gasteiger partial charge in [0.15, 0.2) is 17.2 Å². The number of hydrogen-bond donors (Lipinski definition) is 2. The fraction of sp³-hybridized carbons (Fsp3) is 0.333. The first-order chi connectivity index (χ1) is 13.1. The lowest BCUT2D eigenvalue weighted by atomic mass is 10.3. The Hall–Kier alpha value is -3.04. The molecule has 9 heteroatoms. The monoisotopic (exact) mass is 371 g/mol. The molecule has 0 aliphatic rings. The Kier molecular flexibility index (Phi) is 5.94. The summed E-state index contributed by atoms with van der Waals surface area (Å²) < 4.78 is 16.5. The topological polar surface area (TPSA) is 111 Å². The molecule has 9 nitrogen and oxygen atoms in total. The third-order valence-corrected chi connectivity index (χ3v) is 3.63. The van der Waals surface area contributed by atoms with Crippen molar-refractivity contribution in [2.24, 2.45) is 0 Å². The van der Waals surface area contributed by atoms with E-state index in [1.54, 1.807) is 37.6 Å². The quantitative estimate of drug-likeness (QED) is 0.614. The molecule has 0 bridgehead atoms. The Morgan fingerprint density at radius 1 is 1.22 bits per heavy atom. The third kappa shape index (κ3) is 4.39. The SMILES string of the molecule is CCNC(=O)Nc1ccc2ncc(-c3ccc(C(OC)OCC)o3)nc2n1. The number of amides is 2. The molecule has 3 aromatic rings. The van der Waals surface area contributed by atoms with Crippen LogP contribution in [0.1, 0.15) is 25.9 Å². The molecule has 0 fully saturated rings. The number of hydrogen-bond acceptors (Lipinski definition) is 7. The van der Waals surface area contributed by atoms with E-state index in [1.807, 2.05) is 13.8 Å². The Labute approximate surface area is 156 Å². The minimum Gasteiger partial charge on any atom is -0.454 e. The summed E-state index contributed by atoms with van der Waals surface area (Å²) in [6.45, 7) is 4.73. The molecule has 3 heterocycles. The summed E-state index contributed by atoms with van der Waals surface area (Å²) in [6, 6.07) is 6.62. The van der Waals surface area contributed by atoms with Crippen molar-refractivity contribution in [2.75, 3.05) is 25.6 Å². The Bertz CT molecular complexity index is 927. The van der Waals surface area contributed by atoms with Gasteiger partial charge in [0.1, 0.15) is 17.0 Å². The number of nitrogens with zero attached hydrogens (tertiary/aromatic N) is 3. The van der Waals surface area contributed by atoms with Gasteiger partial charge in [-0.2, -0.15) is 0 Å². The van der Waals surface area contributed by atoms with Crippen LogP contribution in [-0.4, -0.2) is 41.2 Å². The number of carbonyl (C=O) groups excluding carboxylic acids is 1. The van der Waals surface area contributed by atoms with E-state index in [2.05, 4.69) is 25.6 Å². The number of furan rings is 1. The van der Waals surface area contributed by atoms with Crippen LogP contribution in [-0.2, 0) is 9.47 Å². The van der Waals surface area contributed by atoms with Gasteiger partial charge in [-0.25, -0.2) is 14.8 Å². The van der Waals surface area contributed by atoms with Crippen LogP contribution in [0, 0.1) is 0 Å². The number of pyridine rings is 1. The second-order valence-corrected chi connectivity index (χ2v) is 5.50. The summed E-state index contributed by atoms with van der Waals surface area (Å²) in [7, 11) is 1.55. The molecule has 0 saturated carbocycles. The van der Waals surface area contributed by atoms with Gasteiger partial charge in [0.2, 0.25) is 6.29 Å². The Morgan fingerprint density at radius 2 is 2.07 bits per heavy atom. The van der Waals surface area contributed by atoms with Crippen molar-refractivity contribution in [3.05, 3.63) is 36.2 Å². The number of ether oxygens (including phenoxy) is 2. The van der Waals surface area contributed by atoms with Gasteiger partial charge in [0.25, 0.3) is 0 Å². The minimum absolute atomic E-state index is 0.328. The third-order valence-electron chi connectivity index (χ3n) is 3.63. The maximum Gasteiger partial charge on any atom is 0.320 e. The zero-order chi connectivity index (χ0) is 19.2. The van der Waals surface area contributed by atoms with E-state index in [0.29, 0.717) is 47.3 Å². The number of urea groups is 1. The Morgan fingerprint density at radius 3 is 2.81 bits per heavy atom. The van der Waals surface area contributed by atoms with Crippen LogP contribution in [0.4, 0.5) is 10.6 Å². The van der Waals surface area contributed by atoms with E-state index >= 15 is 0 Å². The average Bonchev–Trinajstić information content (AvgIpc) is 3.15. The second-order valence-electron chi connectivity index (χ2n) is 5.50. The van der Waals surface area contributed by atoms with Gasteiger partial charge in [-0.05, 0) is 38.1 Å². The molecule has 3 rings (SSSR count). The highest BCUT2D eigenvalue weighted by molar-refractivity contribution is 5.89. The van der Waals surface area contributed by atoms with Gasteiger partial charge in [-0.3, -0.25) is 10.3 Å². The number of methoxy groups -OCH3 is 1. The summed E-state index contributed by atoms with van der Waals surface area (Å²) in [5.74, 6) is 1.44. The van der Waals surface area contributed by atoms with Gasteiger partial charge in [0.05, 0.1) is 6.20 Å².